The molecule has 0 aliphatic heterocycles. The van der Waals surface area contributed by atoms with E-state index in [1.807, 2.05) is 0 Å². The normalized spacial score (nSPS) is 12.6. The molecule has 0 radical (unpaired) electrons. The van der Waals surface area contributed by atoms with Crippen molar-refractivity contribution in [1.82, 2.24) is 14.5 Å². The summed E-state index contributed by atoms with van der Waals surface area (Å²) < 4.78 is 4.84. The van der Waals surface area contributed by atoms with Gasteiger partial charge in [0, 0.05) is 44.6 Å². The third-order valence-electron chi connectivity index (χ3n) is 15.1. The maximum atomic E-state index is 5.06. The summed E-state index contributed by atoms with van der Waals surface area (Å²) in [5, 5.41) is 4.47. The summed E-state index contributed by atoms with van der Waals surface area (Å²) in [5.74, 6) is 0. The minimum Gasteiger partial charge on any atom is -0.310 e. The van der Waals surface area contributed by atoms with Gasteiger partial charge in [-0.1, -0.05) is 158 Å². The number of thiazole rings is 2. The zero-order valence-electron chi connectivity index (χ0n) is 40.5. The number of aromatic nitrogens is 3. The van der Waals surface area contributed by atoms with Crippen molar-refractivity contribution in [2.24, 2.45) is 0 Å². The van der Waals surface area contributed by atoms with E-state index in [9.17, 15) is 0 Å². The van der Waals surface area contributed by atoms with Crippen molar-refractivity contribution in [3.63, 3.8) is 0 Å². The van der Waals surface area contributed by atoms with Crippen LogP contribution < -0.4 is 4.90 Å². The largest absolute Gasteiger partial charge is 0.310 e. The average molecular weight is 993 g/mol. The molecule has 1 aliphatic rings. The van der Waals surface area contributed by atoms with Crippen molar-refractivity contribution < 1.29 is 0 Å². The first-order chi connectivity index (χ1) is 37.2. The molecule has 0 amide bonds. The Hall–Kier alpha value is -9.20. The zero-order valence-corrected chi connectivity index (χ0v) is 42.1. The average Bonchev–Trinajstić information content (AvgIpc) is 4.27. The van der Waals surface area contributed by atoms with Crippen LogP contribution in [0.5, 0.6) is 0 Å². The second-order valence-electron chi connectivity index (χ2n) is 19.3. The molecule has 15 rings (SSSR count). The van der Waals surface area contributed by atoms with E-state index in [2.05, 4.69) is 276 Å². The van der Waals surface area contributed by atoms with Crippen LogP contribution in [0.2, 0.25) is 0 Å². The Morgan fingerprint density at radius 3 is 1.47 bits per heavy atom. The predicted molar refractivity (Wildman–Crippen MR) is 315 cm³/mol. The summed E-state index contributed by atoms with van der Waals surface area (Å²) in [7, 11) is 0. The van der Waals surface area contributed by atoms with E-state index in [-0.39, 0.29) is 0 Å². The Balaban J connectivity index is 0.921. The molecular formula is C69H44N4S2. The summed E-state index contributed by atoms with van der Waals surface area (Å²) in [6, 6.07) is 97.6. The number of benzene rings is 11. The third kappa shape index (κ3) is 7.02. The van der Waals surface area contributed by atoms with E-state index < -0.39 is 5.41 Å². The fraction of sp³-hybridized carbons (Fsp3) is 0.0145. The Morgan fingerprint density at radius 2 is 0.827 bits per heavy atom. The molecule has 14 aromatic rings. The van der Waals surface area contributed by atoms with E-state index in [4.69, 9.17) is 9.97 Å². The second-order valence-corrected chi connectivity index (χ2v) is 21.4. The molecule has 0 N–H and O–H groups in total. The van der Waals surface area contributed by atoms with E-state index in [1.54, 1.807) is 22.7 Å². The number of anilines is 3. The minimum absolute atomic E-state index is 0.669. The van der Waals surface area contributed by atoms with Crippen LogP contribution in [0, 0.1) is 0 Å². The molecule has 3 heterocycles. The smallest absolute Gasteiger partial charge is 0.124 e. The lowest BCUT2D eigenvalue weighted by Crippen LogP contribution is -2.29. The van der Waals surface area contributed by atoms with Crippen LogP contribution in [0.3, 0.4) is 0 Å². The number of hydrogen-bond acceptors (Lipinski definition) is 5. The Bertz CT molecular complexity index is 4360. The van der Waals surface area contributed by atoms with Crippen LogP contribution in [0.4, 0.5) is 17.1 Å². The monoisotopic (exact) mass is 992 g/mol. The van der Waals surface area contributed by atoms with Gasteiger partial charge in [-0.15, -0.1) is 22.7 Å². The van der Waals surface area contributed by atoms with Crippen LogP contribution in [-0.4, -0.2) is 14.5 Å². The molecule has 1 aliphatic carbocycles. The highest BCUT2D eigenvalue weighted by Gasteiger charge is 2.47. The maximum Gasteiger partial charge on any atom is 0.124 e. The molecule has 0 spiro atoms. The molecule has 75 heavy (non-hydrogen) atoms. The van der Waals surface area contributed by atoms with E-state index in [0.717, 1.165) is 60.4 Å². The topological polar surface area (TPSA) is 34.0 Å². The van der Waals surface area contributed by atoms with E-state index in [1.165, 1.54) is 70.2 Å². The van der Waals surface area contributed by atoms with Gasteiger partial charge < -0.3 is 9.47 Å². The van der Waals surface area contributed by atoms with Gasteiger partial charge in [0.1, 0.15) is 10.0 Å². The number of para-hydroxylation sites is 3. The lowest BCUT2D eigenvalue weighted by molar-refractivity contribution is 0.767. The molecule has 0 atom stereocenters. The first kappa shape index (κ1) is 43.4. The Labute approximate surface area is 442 Å². The van der Waals surface area contributed by atoms with Crippen molar-refractivity contribution in [2.45, 2.75) is 5.41 Å². The highest BCUT2D eigenvalue weighted by molar-refractivity contribution is 7.22. The van der Waals surface area contributed by atoms with Crippen LogP contribution >= 0.6 is 22.7 Å². The van der Waals surface area contributed by atoms with Gasteiger partial charge in [0.2, 0.25) is 0 Å². The first-order valence-corrected chi connectivity index (χ1v) is 27.0. The van der Waals surface area contributed by atoms with Crippen molar-refractivity contribution in [3.05, 3.63) is 289 Å². The van der Waals surface area contributed by atoms with Crippen LogP contribution in [-0.2, 0) is 5.41 Å². The van der Waals surface area contributed by atoms with Crippen LogP contribution in [0.15, 0.2) is 267 Å². The van der Waals surface area contributed by atoms with Gasteiger partial charge >= 0.3 is 0 Å². The van der Waals surface area contributed by atoms with Gasteiger partial charge in [-0.3, -0.25) is 0 Å². The van der Waals surface area contributed by atoms with Crippen molar-refractivity contribution in [2.75, 3.05) is 4.90 Å². The minimum atomic E-state index is -0.669. The van der Waals surface area contributed by atoms with Crippen molar-refractivity contribution in [3.8, 4) is 49.1 Å². The summed E-state index contributed by atoms with van der Waals surface area (Å²) in [5.41, 5.74) is 20.0. The molecule has 0 fully saturated rings. The van der Waals surface area contributed by atoms with Gasteiger partial charge in [0.25, 0.3) is 0 Å². The Morgan fingerprint density at radius 1 is 0.347 bits per heavy atom. The fourth-order valence-electron chi connectivity index (χ4n) is 11.8. The molecule has 6 heteroatoms. The highest BCUT2D eigenvalue weighted by Crippen LogP contribution is 2.58. The molecule has 11 aromatic carbocycles. The summed E-state index contributed by atoms with van der Waals surface area (Å²) >= 11 is 3.48. The molecule has 4 nitrogen and oxygen atoms in total. The van der Waals surface area contributed by atoms with Crippen LogP contribution in [0.1, 0.15) is 22.3 Å². The first-order valence-electron chi connectivity index (χ1n) is 25.4. The number of fused-ring (bicyclic) bond motifs is 8. The van der Waals surface area contributed by atoms with Crippen LogP contribution in [0.25, 0.3) is 91.3 Å². The zero-order chi connectivity index (χ0) is 49.5. The van der Waals surface area contributed by atoms with Gasteiger partial charge in [-0.2, -0.15) is 0 Å². The fourth-order valence-corrected chi connectivity index (χ4v) is 13.7. The molecule has 352 valence electrons. The standard InChI is InChI=1S/C69H44N4S2/c1-4-16-45(17-5-1)46-28-33-51(34-29-46)72(52-35-30-47(31-36-52)67-70-61-23-11-14-26-65(61)74-67)53-37-39-55-56-40-38-54(44-60(56)69(59(55)43-53,49-18-6-2-7-19-49)50-20-8-3-9-21-50)73-63-25-13-10-22-57(63)58-42-48(32-41-64(58)73)68-71-62-24-12-15-27-66(62)75-68/h1-44H. The molecule has 0 unspecified atom stereocenters. The highest BCUT2D eigenvalue weighted by atomic mass is 32.1. The summed E-state index contributed by atoms with van der Waals surface area (Å²) in [6.07, 6.45) is 0. The summed E-state index contributed by atoms with van der Waals surface area (Å²) in [4.78, 5) is 12.5. The second kappa shape index (κ2) is 17.5. The number of nitrogens with zero attached hydrogens (tertiary/aromatic N) is 4. The quantitative estimate of drug-likeness (QED) is 0.144. The molecule has 0 saturated carbocycles. The van der Waals surface area contributed by atoms with Gasteiger partial charge in [0.05, 0.1) is 36.9 Å². The molecule has 0 bridgehead atoms. The lowest BCUT2D eigenvalue weighted by Gasteiger charge is -2.35. The van der Waals surface area contributed by atoms with Crippen molar-refractivity contribution >= 4 is 82.0 Å². The predicted octanol–water partition coefficient (Wildman–Crippen LogP) is 18.8. The van der Waals surface area contributed by atoms with Crippen molar-refractivity contribution in [1.29, 1.82) is 0 Å². The summed E-state index contributed by atoms with van der Waals surface area (Å²) in [6.45, 7) is 0. The van der Waals surface area contributed by atoms with Gasteiger partial charge in [-0.25, -0.2) is 9.97 Å². The molecular weight excluding hydrogens is 949 g/mol. The third-order valence-corrected chi connectivity index (χ3v) is 17.3. The van der Waals surface area contributed by atoms with Gasteiger partial charge in [-0.05, 0) is 154 Å². The maximum absolute atomic E-state index is 5.06. The lowest BCUT2D eigenvalue weighted by atomic mass is 9.67. The van der Waals surface area contributed by atoms with E-state index in [0.29, 0.717) is 0 Å². The van der Waals surface area contributed by atoms with E-state index >= 15 is 0 Å². The molecule has 3 aromatic heterocycles. The number of hydrogen-bond donors (Lipinski definition) is 0. The number of rotatable bonds is 9. The SMILES string of the molecule is c1ccc(-c2ccc(N(c3ccc(-c4nc5ccccc5s4)cc3)c3ccc4c(c3)C(c3ccccc3)(c3ccccc3)c3cc(-n5c6ccccc6c6cc(-c7nc8ccccc8s7)ccc65)ccc3-4)cc2)cc1. The van der Waals surface area contributed by atoms with Gasteiger partial charge in [0.15, 0.2) is 0 Å². The Kier molecular flexibility index (Phi) is 10.1. The molecule has 0 saturated heterocycles.